The fourth-order valence-electron chi connectivity index (χ4n) is 2.91. The van der Waals surface area contributed by atoms with Crippen LogP contribution in [0.25, 0.3) is 0 Å². The number of carbonyl (C=O) groups excluding carboxylic acids is 1. The molecule has 1 amide bonds. The van der Waals surface area contributed by atoms with Gasteiger partial charge in [-0.3, -0.25) is 9.69 Å². The third kappa shape index (κ3) is 9.09. The lowest BCUT2D eigenvalue weighted by atomic mass is 10.1. The van der Waals surface area contributed by atoms with E-state index in [1.54, 1.807) is 21.0 Å². The van der Waals surface area contributed by atoms with Gasteiger partial charge in [0.25, 0.3) is 0 Å². The van der Waals surface area contributed by atoms with Crippen molar-refractivity contribution in [2.75, 3.05) is 60.0 Å². The molecule has 0 aliphatic carbocycles. The highest BCUT2D eigenvalue weighted by atomic mass is 127. The van der Waals surface area contributed by atoms with Crippen LogP contribution in [0.15, 0.2) is 23.2 Å². The van der Waals surface area contributed by atoms with Gasteiger partial charge in [-0.1, -0.05) is 6.07 Å². The second-order valence-electron chi connectivity index (χ2n) is 7.22. The zero-order valence-corrected chi connectivity index (χ0v) is 20.1. The molecule has 1 saturated heterocycles. The number of nitrogens with one attached hydrogen (secondary N) is 2. The van der Waals surface area contributed by atoms with Gasteiger partial charge in [-0.05, 0) is 26.0 Å². The third-order valence-corrected chi connectivity index (χ3v) is 4.70. The summed E-state index contributed by atoms with van der Waals surface area (Å²) in [6.45, 7) is 6.69. The molecule has 1 aliphatic heterocycles. The summed E-state index contributed by atoms with van der Waals surface area (Å²) in [5, 5.41) is 6.30. The van der Waals surface area contributed by atoms with E-state index in [0.717, 1.165) is 45.3 Å². The first-order chi connectivity index (χ1) is 13.9. The summed E-state index contributed by atoms with van der Waals surface area (Å²) in [4.78, 5) is 20.0. The molecular formula is C20H32F2IN5O2. The Balaban J connectivity index is 0.00000450. The topological polar surface area (TPSA) is 69.2 Å². The Bertz CT molecular complexity index is 700. The van der Waals surface area contributed by atoms with Crippen LogP contribution >= 0.6 is 24.0 Å². The number of aliphatic imine (C=N–C) groups is 1. The predicted octanol–water partition coefficient (Wildman–Crippen LogP) is 1.99. The maximum atomic E-state index is 14.1. The van der Waals surface area contributed by atoms with Gasteiger partial charge in [0.1, 0.15) is 18.2 Å². The van der Waals surface area contributed by atoms with E-state index in [-0.39, 0.29) is 36.4 Å². The monoisotopic (exact) mass is 539 g/mol. The highest BCUT2D eigenvalue weighted by molar-refractivity contribution is 14.0. The first-order valence-corrected chi connectivity index (χ1v) is 9.87. The number of nitrogens with zero attached hydrogens (tertiary/aromatic N) is 3. The van der Waals surface area contributed by atoms with Crippen molar-refractivity contribution >= 4 is 35.8 Å². The molecule has 30 heavy (non-hydrogen) atoms. The first kappa shape index (κ1) is 26.5. The molecule has 10 heteroatoms. The summed E-state index contributed by atoms with van der Waals surface area (Å²) < 4.78 is 32.6. The number of ether oxygens (including phenoxy) is 1. The van der Waals surface area contributed by atoms with Crippen molar-refractivity contribution in [2.45, 2.75) is 19.4 Å². The van der Waals surface area contributed by atoms with Gasteiger partial charge in [-0.25, -0.2) is 13.8 Å². The molecule has 2 rings (SSSR count). The molecular weight excluding hydrogens is 507 g/mol. The molecule has 1 aromatic carbocycles. The molecule has 1 unspecified atom stereocenters. The third-order valence-electron chi connectivity index (χ3n) is 4.70. The molecule has 170 valence electrons. The molecule has 0 radical (unpaired) electrons. The Morgan fingerprint density at radius 3 is 2.63 bits per heavy atom. The van der Waals surface area contributed by atoms with Crippen LogP contribution in [-0.2, 0) is 9.53 Å². The van der Waals surface area contributed by atoms with Crippen LogP contribution in [0.1, 0.15) is 24.9 Å². The van der Waals surface area contributed by atoms with Crippen LogP contribution in [-0.4, -0.2) is 81.7 Å². The summed E-state index contributed by atoms with van der Waals surface area (Å²) in [5.74, 6) is -0.968. The fraction of sp³-hybridized carbons (Fsp3) is 0.600. The van der Waals surface area contributed by atoms with Crippen LogP contribution in [0.2, 0.25) is 0 Å². The lowest BCUT2D eigenvalue weighted by Gasteiger charge is -2.26. The number of benzene rings is 1. The van der Waals surface area contributed by atoms with E-state index in [2.05, 4.69) is 20.5 Å². The normalized spacial score (nSPS) is 15.8. The quantitative estimate of drug-likeness (QED) is 0.229. The van der Waals surface area contributed by atoms with Gasteiger partial charge < -0.3 is 20.3 Å². The highest BCUT2D eigenvalue weighted by Gasteiger charge is 2.14. The Kier molecular flexibility index (Phi) is 12.1. The zero-order valence-electron chi connectivity index (χ0n) is 17.8. The SMILES string of the molecule is CC(NC(=NCC(=O)N(C)C)NCCCN1CCOCC1)c1ccc(F)cc1F.I. The van der Waals surface area contributed by atoms with Crippen molar-refractivity contribution in [3.05, 3.63) is 35.4 Å². The predicted molar refractivity (Wildman–Crippen MR) is 124 cm³/mol. The second-order valence-corrected chi connectivity index (χ2v) is 7.22. The number of hydrogen-bond donors (Lipinski definition) is 2. The summed E-state index contributed by atoms with van der Waals surface area (Å²) in [5.41, 5.74) is 0.327. The average molecular weight is 539 g/mol. The van der Waals surface area contributed by atoms with Gasteiger partial charge in [0, 0.05) is 45.4 Å². The highest BCUT2D eigenvalue weighted by Crippen LogP contribution is 2.17. The van der Waals surface area contributed by atoms with Crippen LogP contribution in [0.3, 0.4) is 0 Å². The minimum Gasteiger partial charge on any atom is -0.379 e. The van der Waals surface area contributed by atoms with Crippen LogP contribution in [0.4, 0.5) is 8.78 Å². The summed E-state index contributed by atoms with van der Waals surface area (Å²) in [6.07, 6.45) is 0.890. The molecule has 0 saturated carbocycles. The zero-order chi connectivity index (χ0) is 21.2. The lowest BCUT2D eigenvalue weighted by molar-refractivity contribution is -0.127. The van der Waals surface area contributed by atoms with Crippen molar-refractivity contribution < 1.29 is 18.3 Å². The molecule has 0 spiro atoms. The van der Waals surface area contributed by atoms with Crippen LogP contribution < -0.4 is 10.6 Å². The maximum absolute atomic E-state index is 14.1. The number of amides is 1. The first-order valence-electron chi connectivity index (χ1n) is 9.87. The molecule has 1 aromatic rings. The van der Waals surface area contributed by atoms with E-state index in [0.29, 0.717) is 18.1 Å². The minimum atomic E-state index is -0.624. The number of guanidine groups is 1. The Morgan fingerprint density at radius 1 is 1.30 bits per heavy atom. The molecule has 1 atom stereocenters. The molecule has 1 fully saturated rings. The minimum absolute atomic E-state index is 0. The summed E-state index contributed by atoms with van der Waals surface area (Å²) in [6, 6.07) is 3.04. The molecule has 0 bridgehead atoms. The second kappa shape index (κ2) is 13.7. The number of hydrogen-bond acceptors (Lipinski definition) is 4. The standard InChI is InChI=1S/C20H31F2N5O2.HI/c1-15(17-6-5-16(21)13-18(17)22)25-20(24-14-19(28)26(2)3)23-7-4-8-27-9-11-29-12-10-27;/h5-6,13,15H,4,7-12,14H2,1-3H3,(H2,23,24,25);1H. The van der Waals surface area contributed by atoms with E-state index < -0.39 is 17.7 Å². The molecule has 1 heterocycles. The molecule has 0 aromatic heterocycles. The maximum Gasteiger partial charge on any atom is 0.243 e. The van der Waals surface area contributed by atoms with Gasteiger partial charge in [-0.15, -0.1) is 24.0 Å². The number of halogens is 3. The van der Waals surface area contributed by atoms with E-state index in [9.17, 15) is 13.6 Å². The van der Waals surface area contributed by atoms with Gasteiger partial charge in [0.15, 0.2) is 5.96 Å². The number of morpholine rings is 1. The number of carbonyl (C=O) groups is 1. The van der Waals surface area contributed by atoms with E-state index in [4.69, 9.17) is 4.74 Å². The number of rotatable bonds is 8. The Hall–Kier alpha value is -1.53. The van der Waals surface area contributed by atoms with Crippen LogP contribution in [0.5, 0.6) is 0 Å². The largest absolute Gasteiger partial charge is 0.379 e. The van der Waals surface area contributed by atoms with Gasteiger partial charge >= 0.3 is 0 Å². The van der Waals surface area contributed by atoms with E-state index >= 15 is 0 Å². The van der Waals surface area contributed by atoms with Crippen molar-refractivity contribution in [3.63, 3.8) is 0 Å². The Labute approximate surface area is 194 Å². The van der Waals surface area contributed by atoms with Crippen molar-refractivity contribution in [3.8, 4) is 0 Å². The smallest absolute Gasteiger partial charge is 0.243 e. The van der Waals surface area contributed by atoms with E-state index in [1.807, 2.05) is 0 Å². The van der Waals surface area contributed by atoms with Gasteiger partial charge in [0.05, 0.1) is 19.3 Å². The molecule has 7 nitrogen and oxygen atoms in total. The van der Waals surface area contributed by atoms with Gasteiger partial charge in [-0.2, -0.15) is 0 Å². The van der Waals surface area contributed by atoms with Crippen LogP contribution in [0, 0.1) is 11.6 Å². The van der Waals surface area contributed by atoms with Crippen molar-refractivity contribution in [1.82, 2.24) is 20.4 Å². The lowest BCUT2D eigenvalue weighted by Crippen LogP contribution is -2.42. The van der Waals surface area contributed by atoms with Crippen molar-refractivity contribution in [2.24, 2.45) is 4.99 Å². The molecule has 2 N–H and O–H groups in total. The summed E-state index contributed by atoms with van der Waals surface area (Å²) in [7, 11) is 3.33. The Morgan fingerprint density at radius 2 is 2.00 bits per heavy atom. The van der Waals surface area contributed by atoms with E-state index in [1.165, 1.54) is 17.0 Å². The van der Waals surface area contributed by atoms with Crippen molar-refractivity contribution in [1.29, 1.82) is 0 Å². The molecule has 1 aliphatic rings. The summed E-state index contributed by atoms with van der Waals surface area (Å²) >= 11 is 0. The van der Waals surface area contributed by atoms with Gasteiger partial charge in [0.2, 0.25) is 5.91 Å². The fourth-order valence-corrected chi connectivity index (χ4v) is 2.91. The number of likely N-dealkylation sites (N-methyl/N-ethyl adjacent to an activating group) is 1. The average Bonchev–Trinajstić information content (AvgIpc) is 2.69.